The molecule has 0 saturated heterocycles. The molecule has 2 atom stereocenters. The molecule has 83 heavy (non-hydrogen) atoms. The molecule has 2 aromatic rings. The van der Waals surface area contributed by atoms with Gasteiger partial charge in [0.05, 0.1) is 36.3 Å². The Morgan fingerprint density at radius 2 is 1.70 bits per heavy atom. The van der Waals surface area contributed by atoms with Gasteiger partial charge in [0.25, 0.3) is 17.9 Å². The van der Waals surface area contributed by atoms with Crippen molar-refractivity contribution >= 4 is 48.4 Å². The molecule has 5 rings (SSSR count). The van der Waals surface area contributed by atoms with Crippen molar-refractivity contribution in [2.75, 3.05) is 40.1 Å². The summed E-state index contributed by atoms with van der Waals surface area (Å²) in [6, 6.07) is 3.94. The van der Waals surface area contributed by atoms with Crippen LogP contribution in [0.1, 0.15) is 162 Å². The number of pyridine rings is 1. The lowest BCUT2D eigenvalue weighted by atomic mass is 9.75. The fraction of sp³-hybridized carbons (Fsp3) is 0.557. The van der Waals surface area contributed by atoms with E-state index in [-0.39, 0.29) is 80.8 Å². The fourth-order valence-corrected chi connectivity index (χ4v) is 8.40. The summed E-state index contributed by atoms with van der Waals surface area (Å²) in [5.41, 5.74) is 17.2. The number of carbonyl (C=O) groups excluding carboxylic acids is 7. The minimum Gasteiger partial charge on any atom is -0.463 e. The lowest BCUT2D eigenvalue weighted by molar-refractivity contribution is -0.130. The van der Waals surface area contributed by atoms with Gasteiger partial charge in [0.15, 0.2) is 0 Å². The van der Waals surface area contributed by atoms with Crippen LogP contribution in [0.2, 0.25) is 0 Å². The molecule has 1 aliphatic carbocycles. The number of amides is 5. The number of rotatable bonds is 25. The number of aldehydes is 1. The van der Waals surface area contributed by atoms with Gasteiger partial charge in [-0.25, -0.2) is 15.2 Å². The van der Waals surface area contributed by atoms with Gasteiger partial charge in [0.2, 0.25) is 24.1 Å². The maximum Gasteiger partial charge on any atom is 0.293 e. The van der Waals surface area contributed by atoms with E-state index >= 15 is 0 Å². The van der Waals surface area contributed by atoms with Crippen LogP contribution < -0.4 is 54.4 Å². The number of fused-ring (bicyclic) bond motifs is 1. The number of hydrogen-bond donors (Lipinski definition) is 8. The van der Waals surface area contributed by atoms with Crippen LogP contribution in [0.15, 0.2) is 70.7 Å². The summed E-state index contributed by atoms with van der Waals surface area (Å²) >= 11 is 0. The third-order valence-electron chi connectivity index (χ3n) is 13.0. The number of hydrazine groups is 1. The number of allylic oxidation sites excluding steroid dienone is 5. The van der Waals surface area contributed by atoms with E-state index in [1.165, 1.54) is 31.1 Å². The summed E-state index contributed by atoms with van der Waals surface area (Å²) in [4.78, 5) is 92.8. The van der Waals surface area contributed by atoms with Crippen LogP contribution in [0.25, 0.3) is 5.57 Å². The third-order valence-corrected chi connectivity index (χ3v) is 13.0. The Kier molecular flexibility index (Phi) is 41.9. The number of aromatic nitrogens is 1. The van der Waals surface area contributed by atoms with Gasteiger partial charge in [-0.2, -0.15) is 0 Å². The molecule has 0 saturated carbocycles. The first-order valence-electron chi connectivity index (χ1n) is 28.5. The summed E-state index contributed by atoms with van der Waals surface area (Å²) in [5.74, 6) is -1.08. The average Bonchev–Trinajstić information content (AvgIpc) is 3.60. The largest absolute Gasteiger partial charge is 0.463 e. The van der Waals surface area contributed by atoms with Gasteiger partial charge in [0.1, 0.15) is 32.0 Å². The Labute approximate surface area is 491 Å². The monoisotopic (exact) mass is 1170 g/mol. The Hall–Kier alpha value is -6.98. The fourth-order valence-electron chi connectivity index (χ4n) is 8.40. The molecule has 1 unspecified atom stereocenters. The van der Waals surface area contributed by atoms with Gasteiger partial charge >= 0.3 is 0 Å². The number of aliphatic hydroxyl groups is 1. The van der Waals surface area contributed by atoms with Crippen molar-refractivity contribution in [2.24, 2.45) is 21.9 Å². The van der Waals surface area contributed by atoms with Gasteiger partial charge in [-0.15, -0.1) is 0 Å². The molecule has 0 radical (unpaired) electrons. The molecule has 466 valence electrons. The summed E-state index contributed by atoms with van der Waals surface area (Å²) in [6.45, 7) is 28.5. The van der Waals surface area contributed by atoms with Gasteiger partial charge < -0.3 is 56.3 Å². The highest BCUT2D eigenvalue weighted by Crippen LogP contribution is 2.36. The van der Waals surface area contributed by atoms with E-state index in [9.17, 15) is 43.1 Å². The zero-order valence-electron chi connectivity index (χ0n) is 51.8. The Morgan fingerprint density at radius 1 is 1.02 bits per heavy atom. The summed E-state index contributed by atoms with van der Waals surface area (Å²) in [7, 11) is 2.00. The van der Waals surface area contributed by atoms with Crippen LogP contribution >= 0.6 is 0 Å². The van der Waals surface area contributed by atoms with E-state index in [1.54, 1.807) is 28.5 Å². The number of hydrogen-bond acceptors (Lipinski definition) is 15. The molecule has 0 bridgehead atoms. The lowest BCUT2D eigenvalue weighted by Crippen LogP contribution is -2.42. The quantitative estimate of drug-likeness (QED) is 0.0213. The average molecular weight is 1170 g/mol. The number of halogens is 1. The Balaban J connectivity index is 0. The van der Waals surface area contributed by atoms with Crippen molar-refractivity contribution in [1.29, 1.82) is 0 Å². The highest BCUT2D eigenvalue weighted by molar-refractivity contribution is 5.93. The SMILES string of the molecule is C/C=C\C=C/CCC(C)NC.C=C1C=CC(=O)N1CCCCCC(=O)NCNNCC=O.CC.CC.CC(=O)NCOCC(N)=O.CC[C@](C)(O)c1cc2n(c(=O)c1COC=O)CC(C)(C)C1=c3c(c(C)c(F)cc3=NC2)CCC1.NC=O. The maximum absolute atomic E-state index is 14.8. The number of nitrogens with two attached hydrogens (primary N) is 2. The van der Waals surface area contributed by atoms with Crippen LogP contribution in [-0.2, 0) is 74.8 Å². The van der Waals surface area contributed by atoms with Gasteiger partial charge in [-0.05, 0) is 121 Å². The van der Waals surface area contributed by atoms with Crippen LogP contribution in [-0.4, -0.2) is 104 Å². The predicted octanol–water partition coefficient (Wildman–Crippen LogP) is 5.00. The second-order valence-electron chi connectivity index (χ2n) is 19.5. The molecule has 1 aromatic carbocycles. The van der Waals surface area contributed by atoms with E-state index in [0.717, 1.165) is 67.7 Å². The van der Waals surface area contributed by atoms with Gasteiger partial charge in [-0.1, -0.05) is 91.3 Å². The highest BCUT2D eigenvalue weighted by atomic mass is 19.1. The first kappa shape index (κ1) is 78.1. The van der Waals surface area contributed by atoms with Crippen molar-refractivity contribution in [3.8, 4) is 0 Å². The summed E-state index contributed by atoms with van der Waals surface area (Å²) in [6.07, 6.45) is 20.9. The molecule has 22 heteroatoms. The van der Waals surface area contributed by atoms with Crippen molar-refractivity contribution < 1.29 is 52.5 Å². The number of primary amides is 2. The normalized spacial score (nSPS) is 14.3. The summed E-state index contributed by atoms with van der Waals surface area (Å²) in [5, 5.41) is 20.9. The molecule has 21 nitrogen and oxygen atoms in total. The molecule has 10 N–H and O–H groups in total. The first-order valence-corrected chi connectivity index (χ1v) is 28.5. The van der Waals surface area contributed by atoms with Crippen molar-refractivity contribution in [3.05, 3.63) is 116 Å². The molecule has 5 amide bonds. The van der Waals surface area contributed by atoms with Crippen molar-refractivity contribution in [2.45, 2.75) is 179 Å². The zero-order chi connectivity index (χ0) is 63.6. The maximum atomic E-state index is 14.8. The number of nitrogens with zero attached hydrogens (tertiary/aromatic N) is 3. The standard InChI is InChI=1S/C27H33FN2O4.C14H22N4O3.C10H19N.C5H10N2O3.2C2H6.CH3NO/c1-6-27(5,33)21-10-17-12-29-23-11-22(28)16(2)18-8-7-9-20(24(18)23)26(3,4)14-30(17)25(32)19(21)13-34-15-31;1-12-6-7-14(21)18(12)9-4-2-3-5-13(20)15-11-17-16-8-10-19;1-4-5-6-7-8-9-10(2)11-3;1-4(8)7-3-10-2-5(6)9;2*1-2;2-1-3/h10-11,15,33H,6-9,12-14H2,1-5H3;6-7,10,16-17H,1-5,8-9,11H2,(H,15,20);4-7,10-11H,8-9H2,1-3H3;2-3H2,1H3,(H2,6,9)(H,7,8);2*1-2H3;1H,(H2,2,3)/b;;5-4-,7-6-;;;;/t27-;;;;;;/m0....../s1. The number of carbonyl (C=O) groups is 7. The number of benzene rings is 1. The lowest BCUT2D eigenvalue weighted by Gasteiger charge is -2.33. The smallest absolute Gasteiger partial charge is 0.293 e. The molecular formula is C61H99FN10O11. The second-order valence-corrected chi connectivity index (χ2v) is 19.5. The van der Waals surface area contributed by atoms with Crippen LogP contribution in [0.3, 0.4) is 0 Å². The zero-order valence-corrected chi connectivity index (χ0v) is 51.8. The van der Waals surface area contributed by atoms with E-state index in [2.05, 4.69) is 82.9 Å². The summed E-state index contributed by atoms with van der Waals surface area (Å²) < 4.78 is 26.1. The molecule has 3 aliphatic rings. The number of nitrogens with one attached hydrogen (secondary N) is 5. The molecule has 3 heterocycles. The van der Waals surface area contributed by atoms with Crippen LogP contribution in [0.4, 0.5) is 4.39 Å². The molecule has 0 fully saturated rings. The van der Waals surface area contributed by atoms with Crippen LogP contribution in [0, 0.1) is 18.2 Å². The van der Waals surface area contributed by atoms with Crippen LogP contribution in [0.5, 0.6) is 0 Å². The van der Waals surface area contributed by atoms with E-state index < -0.39 is 16.9 Å². The van der Waals surface area contributed by atoms with E-state index in [0.29, 0.717) is 60.6 Å². The second kappa shape index (κ2) is 44.6. The van der Waals surface area contributed by atoms with Gasteiger partial charge in [-0.3, -0.25) is 38.6 Å². The van der Waals surface area contributed by atoms with E-state index in [4.69, 9.17) is 20.3 Å². The molecule has 1 aromatic heterocycles. The Bertz CT molecular complexity index is 2600. The first-order chi connectivity index (χ1) is 39.5. The highest BCUT2D eigenvalue weighted by Gasteiger charge is 2.33. The minimum absolute atomic E-state index is 0.0216. The van der Waals surface area contributed by atoms with Crippen molar-refractivity contribution in [3.63, 3.8) is 0 Å². The van der Waals surface area contributed by atoms with E-state index in [1.807, 2.05) is 61.6 Å². The third kappa shape index (κ3) is 29.7. The number of unbranched alkanes of at least 4 members (excludes halogenated alkanes) is 2. The molecule has 2 aliphatic heterocycles. The van der Waals surface area contributed by atoms with Gasteiger partial charge in [0, 0.05) is 60.6 Å². The molecule has 0 spiro atoms. The van der Waals surface area contributed by atoms with Crippen molar-refractivity contribution in [1.82, 2.24) is 36.3 Å². The Morgan fingerprint density at radius 3 is 2.27 bits per heavy atom. The number of ether oxygens (including phenoxy) is 2. The predicted molar refractivity (Wildman–Crippen MR) is 324 cm³/mol. The molecular weight excluding hydrogens is 1070 g/mol. The topological polar surface area (TPSA) is 308 Å². The minimum atomic E-state index is -1.28.